The molecule has 0 radical (unpaired) electrons. The molecule has 6 N–H and O–H groups in total. The number of hydrogen-bond acceptors (Lipinski definition) is 20. The lowest BCUT2D eigenvalue weighted by molar-refractivity contribution is -0.0180. The van der Waals surface area contributed by atoms with Gasteiger partial charge in [-0.15, -0.1) is 0 Å². The summed E-state index contributed by atoms with van der Waals surface area (Å²) < 4.78 is 21.5. The Morgan fingerprint density at radius 1 is 0.443 bits per heavy atom. The number of phenols is 3. The van der Waals surface area contributed by atoms with Gasteiger partial charge in [-0.3, -0.25) is 9.97 Å². The van der Waals surface area contributed by atoms with Crippen LogP contribution in [-0.2, 0) is 34.3 Å². The van der Waals surface area contributed by atoms with Gasteiger partial charge >= 0.3 is 0 Å². The van der Waals surface area contributed by atoms with Crippen LogP contribution in [0.3, 0.4) is 0 Å². The van der Waals surface area contributed by atoms with Crippen LogP contribution in [0.2, 0.25) is 0 Å². The van der Waals surface area contributed by atoms with Crippen LogP contribution in [0.25, 0.3) is 0 Å². The van der Waals surface area contributed by atoms with Gasteiger partial charge in [-0.2, -0.15) is 0 Å². The Balaban J connectivity index is 0.000000131. The minimum Gasteiger partial charge on any atom is -0.504 e. The van der Waals surface area contributed by atoms with Gasteiger partial charge in [-0.1, -0.05) is 58.7 Å². The third-order valence-electron chi connectivity index (χ3n) is 24.3. The van der Waals surface area contributed by atoms with E-state index in [-0.39, 0.29) is 39.6 Å². The molecule has 512 valence electrons. The zero-order valence-corrected chi connectivity index (χ0v) is 56.6. The summed E-state index contributed by atoms with van der Waals surface area (Å²) in [5.74, 6) is 6.13. The number of nitrogens with zero attached hydrogens (tertiary/aromatic N) is 7. The Hall–Kier alpha value is -8.91. The lowest BCUT2D eigenvalue weighted by atomic mass is 9.55. The van der Waals surface area contributed by atoms with Crippen LogP contribution < -0.4 is 18.9 Å². The maximum atomic E-state index is 10.7. The number of methoxy groups -OCH3 is 4. The first-order valence-electron chi connectivity index (χ1n) is 34.4. The van der Waals surface area contributed by atoms with Crippen molar-refractivity contribution in [2.24, 2.45) is 77.5 Å². The fourth-order valence-corrected chi connectivity index (χ4v) is 19.2. The molecule has 0 bridgehead atoms. The second-order valence-electron chi connectivity index (χ2n) is 28.8. The number of benzene rings is 4. The number of phenolic OH excluding ortho intramolecular Hbond substituents is 3. The van der Waals surface area contributed by atoms with Crippen LogP contribution >= 0.6 is 0 Å². The van der Waals surface area contributed by atoms with Gasteiger partial charge in [0.25, 0.3) is 0 Å². The number of oxime groups is 5. The molecule has 9 aliphatic carbocycles. The Morgan fingerprint density at radius 2 is 0.814 bits per heavy atom. The van der Waals surface area contributed by atoms with Crippen LogP contribution in [0.4, 0.5) is 0 Å². The maximum absolute atomic E-state index is 10.7. The van der Waals surface area contributed by atoms with E-state index in [4.69, 9.17) is 33.5 Å². The summed E-state index contributed by atoms with van der Waals surface area (Å²) >= 11 is 0. The molecule has 4 aromatic carbocycles. The van der Waals surface area contributed by atoms with Crippen molar-refractivity contribution in [3.63, 3.8) is 0 Å². The van der Waals surface area contributed by atoms with Gasteiger partial charge in [-0.25, -0.2) is 0 Å². The molecule has 15 rings (SSSR count). The minimum absolute atomic E-state index is 0.0251. The minimum atomic E-state index is -0.225. The highest BCUT2D eigenvalue weighted by Gasteiger charge is 2.58. The summed E-state index contributed by atoms with van der Waals surface area (Å²) in [7, 11) is 6.38. The Labute approximate surface area is 567 Å². The average molecular weight is 1320 g/mol. The first-order valence-corrected chi connectivity index (χ1v) is 34.4. The van der Waals surface area contributed by atoms with Crippen molar-refractivity contribution in [3.8, 4) is 40.2 Å². The number of aromatic hydroxyl groups is 3. The summed E-state index contributed by atoms with van der Waals surface area (Å²) in [5, 5.41) is 82.4. The van der Waals surface area contributed by atoms with Gasteiger partial charge in [0.1, 0.15) is 25.6 Å². The van der Waals surface area contributed by atoms with Crippen LogP contribution in [-0.4, -0.2) is 104 Å². The number of fused-ring (bicyclic) bond motifs is 15. The number of pyridine rings is 2. The Bertz CT molecular complexity index is 4000. The summed E-state index contributed by atoms with van der Waals surface area (Å²) in [4.78, 5) is 25.4. The predicted molar refractivity (Wildman–Crippen MR) is 367 cm³/mol. The van der Waals surface area contributed by atoms with Gasteiger partial charge in [-0.05, 0) is 261 Å². The molecule has 6 saturated carbocycles. The van der Waals surface area contributed by atoms with E-state index in [9.17, 15) is 30.8 Å². The van der Waals surface area contributed by atoms with E-state index in [0.29, 0.717) is 90.3 Å². The molecule has 2 heterocycles. The van der Waals surface area contributed by atoms with E-state index in [0.717, 1.165) is 170 Å². The Kier molecular flexibility index (Phi) is 19.2. The van der Waals surface area contributed by atoms with Gasteiger partial charge in [0.15, 0.2) is 34.5 Å². The quantitative estimate of drug-likeness (QED) is 0.0463. The molecule has 20 nitrogen and oxygen atoms in total. The van der Waals surface area contributed by atoms with E-state index in [1.807, 2.05) is 66.7 Å². The molecule has 20 heteroatoms. The summed E-state index contributed by atoms with van der Waals surface area (Å²) in [5.41, 5.74) is 13.6. The predicted octanol–water partition coefficient (Wildman–Crippen LogP) is 14.7. The molecule has 0 unspecified atom stereocenters. The molecule has 97 heavy (non-hydrogen) atoms. The SMILES string of the molecule is COc1cc2c(cc1O)/C(=N/OCc1ccncc1)C[C@@H]1[C@@H]2CC[C@]2(C)/C(=N/O)CC[C@@H]12.COc1cc2c(cc1O)/C(=N/OCc1ccncc1)C[C@@H]1[C@@H]2CC[C@]2(C)[C@@H](O)CC[C@@H]12.COc1ccc(CO/N=C2\C[C@@H]3[C@H](CC[C@]4(C)/C(=N/O)CC[C@@H]34)c3cc(OC)c(O)cc32)cc1. The number of rotatable bonds is 13. The van der Waals surface area contributed by atoms with Crippen molar-refractivity contribution < 1.29 is 64.3 Å². The Morgan fingerprint density at radius 3 is 1.19 bits per heavy atom. The summed E-state index contributed by atoms with van der Waals surface area (Å²) in [6.45, 7) is 7.84. The molecule has 13 atom stereocenters. The van der Waals surface area contributed by atoms with Crippen molar-refractivity contribution in [2.75, 3.05) is 28.4 Å². The fraction of sp³-hybridized carbons (Fsp3) is 0.494. The van der Waals surface area contributed by atoms with E-state index >= 15 is 0 Å². The molecule has 6 fully saturated rings. The van der Waals surface area contributed by atoms with Crippen molar-refractivity contribution in [2.45, 2.75) is 161 Å². The highest BCUT2D eigenvalue weighted by Crippen LogP contribution is 2.64. The normalized spacial score (nSPS) is 31.2. The molecule has 0 spiro atoms. The van der Waals surface area contributed by atoms with Crippen molar-refractivity contribution in [3.05, 3.63) is 160 Å². The summed E-state index contributed by atoms with van der Waals surface area (Å²) in [6.07, 6.45) is 20.8. The summed E-state index contributed by atoms with van der Waals surface area (Å²) in [6, 6.07) is 26.6. The maximum Gasteiger partial charge on any atom is 0.160 e. The van der Waals surface area contributed by atoms with Crippen LogP contribution in [0.15, 0.2) is 135 Å². The molecule has 0 amide bonds. The molecule has 0 aliphatic heterocycles. The third kappa shape index (κ3) is 12.6. The van der Waals surface area contributed by atoms with Gasteiger partial charge in [0.2, 0.25) is 0 Å². The second kappa shape index (κ2) is 27.9. The van der Waals surface area contributed by atoms with Crippen molar-refractivity contribution in [1.82, 2.24) is 9.97 Å². The van der Waals surface area contributed by atoms with Gasteiger partial charge in [0, 0.05) is 52.3 Å². The number of aliphatic hydroxyl groups excluding tert-OH is 1. The van der Waals surface area contributed by atoms with Crippen LogP contribution in [0.5, 0.6) is 40.2 Å². The van der Waals surface area contributed by atoms with Crippen molar-refractivity contribution in [1.29, 1.82) is 0 Å². The topological polar surface area (TPSA) is 274 Å². The number of ether oxygens (including phenoxy) is 4. The van der Waals surface area contributed by atoms with Crippen LogP contribution in [0.1, 0.15) is 185 Å². The number of aromatic nitrogens is 2. The fourth-order valence-electron chi connectivity index (χ4n) is 19.2. The van der Waals surface area contributed by atoms with Gasteiger partial charge < -0.3 is 64.3 Å². The average Bonchev–Trinajstić information content (AvgIpc) is 1.73. The van der Waals surface area contributed by atoms with E-state index in [2.05, 4.69) is 56.5 Å². The molecule has 0 saturated heterocycles. The first kappa shape index (κ1) is 66.7. The second-order valence-corrected chi connectivity index (χ2v) is 28.8. The monoisotopic (exact) mass is 1320 g/mol. The van der Waals surface area contributed by atoms with E-state index < -0.39 is 0 Å². The van der Waals surface area contributed by atoms with E-state index in [1.165, 1.54) is 11.1 Å². The number of hydrogen-bond donors (Lipinski definition) is 6. The van der Waals surface area contributed by atoms with Crippen molar-refractivity contribution >= 4 is 28.6 Å². The van der Waals surface area contributed by atoms with Crippen LogP contribution in [0, 0.1) is 51.8 Å². The molecule has 9 aliphatic rings. The molecule has 2 aromatic heterocycles. The highest BCUT2D eigenvalue weighted by atomic mass is 16.6. The molecule has 6 aromatic rings. The zero-order valence-electron chi connectivity index (χ0n) is 56.6. The molecular weight excluding hydrogens is 1230 g/mol. The first-order chi connectivity index (χ1) is 47.0. The lowest BCUT2D eigenvalue weighted by Gasteiger charge is -2.50. The van der Waals surface area contributed by atoms with Gasteiger partial charge in [0.05, 0.1) is 63.1 Å². The highest BCUT2D eigenvalue weighted by molar-refractivity contribution is 6.05. The smallest absolute Gasteiger partial charge is 0.160 e. The third-order valence-corrected chi connectivity index (χ3v) is 24.3. The number of aliphatic hydroxyl groups is 1. The molecular formula is C77H91N7O13. The standard InChI is InChI=1S/C27H32N2O5.C25H29N3O4.C25H30N2O4/c1-27-11-10-18-19-14-25(33-3)24(30)13-21(19)23(12-20(18)22(27)8-9-26(27)28-31)29-34-15-16-4-6-17(32-2)7-5-16;1-25-8-5-16-17-13-23(31-2)22(29)12-19(17)21(28-32-14-15-6-9-26-10-7-15)11-18(16)20(25)3-4-24(25)27-30;1-25-8-5-16-17-13-23(30-2)22(28)12-19(17)21(11-18(16)20(25)3-4-24(25)29)27-31-14-15-6-9-26-10-7-15/h4-7,13-14,18,20,22,30-31H,8-12,15H2,1-3H3;6-7,9-10,12-13,16,18,20,29-30H,3-5,8,11,14H2,1-2H3;6-7,9-10,12-13,16,18,20,24,28-29H,3-5,8,11,14H2,1-2H3/b28-26+,29-23+;27-24+,28-21+;27-21+/t18-,20-,22+,27+;16-,18-,20+,25+;16-,18-,20+,24+,25+/m111/s1. The zero-order chi connectivity index (χ0) is 67.8. The largest absolute Gasteiger partial charge is 0.504 e. The lowest BCUT2D eigenvalue weighted by Crippen LogP contribution is -2.45. The van der Waals surface area contributed by atoms with E-state index in [1.54, 1.807) is 71.4 Å².